The van der Waals surface area contributed by atoms with E-state index in [4.69, 9.17) is 0 Å². The maximum Gasteiger partial charge on any atom is 0.257 e. The van der Waals surface area contributed by atoms with Crippen molar-refractivity contribution in [3.63, 3.8) is 0 Å². The van der Waals surface area contributed by atoms with Gasteiger partial charge in [-0.3, -0.25) is 4.79 Å². The quantitative estimate of drug-likeness (QED) is 0.791. The summed E-state index contributed by atoms with van der Waals surface area (Å²) >= 11 is 0. The highest BCUT2D eigenvalue weighted by molar-refractivity contribution is 5.99. The van der Waals surface area contributed by atoms with E-state index in [1.54, 1.807) is 17.0 Å². The molecule has 1 aliphatic rings. The summed E-state index contributed by atoms with van der Waals surface area (Å²) in [5.41, 5.74) is 1.34. The second-order valence-electron chi connectivity index (χ2n) is 6.36. The summed E-state index contributed by atoms with van der Waals surface area (Å²) in [6.07, 6.45) is 13.2. The first kappa shape index (κ1) is 14.9. The van der Waals surface area contributed by atoms with Crippen molar-refractivity contribution in [2.45, 2.75) is 44.7 Å². The van der Waals surface area contributed by atoms with Crippen molar-refractivity contribution in [1.82, 2.24) is 34.3 Å². The van der Waals surface area contributed by atoms with E-state index in [0.717, 1.165) is 24.3 Å². The largest absolute Gasteiger partial charge is 0.345 e. The fourth-order valence-electron chi connectivity index (χ4n) is 3.52. The zero-order valence-corrected chi connectivity index (χ0v) is 13.7. The Kier molecular flexibility index (Phi) is 3.79. The third kappa shape index (κ3) is 2.57. The summed E-state index contributed by atoms with van der Waals surface area (Å²) in [7, 11) is 1.90. The van der Waals surface area contributed by atoms with Crippen LogP contribution in [0.5, 0.6) is 0 Å². The van der Waals surface area contributed by atoms with Gasteiger partial charge in [0.25, 0.3) is 5.91 Å². The summed E-state index contributed by atoms with van der Waals surface area (Å²) in [5.74, 6) is 0.663. The molecule has 3 aromatic heterocycles. The van der Waals surface area contributed by atoms with Crippen LogP contribution in [0, 0.1) is 0 Å². The van der Waals surface area contributed by atoms with Crippen LogP contribution >= 0.6 is 0 Å². The number of hydrogen-bond donors (Lipinski definition) is 1. The fourth-order valence-corrected chi connectivity index (χ4v) is 3.52. The van der Waals surface area contributed by atoms with Gasteiger partial charge in [-0.2, -0.15) is 5.10 Å². The molecule has 1 amide bonds. The number of rotatable bonds is 4. The topological polar surface area (TPSA) is 82.0 Å². The van der Waals surface area contributed by atoms with Gasteiger partial charge in [0.15, 0.2) is 5.82 Å². The third-order valence-corrected chi connectivity index (χ3v) is 4.80. The highest BCUT2D eigenvalue weighted by Gasteiger charge is 2.20. The fraction of sp³-hybridized carbons (Fsp3) is 0.500. The van der Waals surface area contributed by atoms with E-state index in [1.807, 2.05) is 24.0 Å². The SMILES string of the molecule is Cn1ccn2ncc(C(=O)NCc3nncn3C3CCCCC3)c12. The highest BCUT2D eigenvalue weighted by Crippen LogP contribution is 2.28. The van der Waals surface area contributed by atoms with Crippen LogP contribution in [0.25, 0.3) is 5.65 Å². The van der Waals surface area contributed by atoms with Crippen molar-refractivity contribution >= 4 is 11.6 Å². The van der Waals surface area contributed by atoms with Gasteiger partial charge in [0.2, 0.25) is 0 Å². The van der Waals surface area contributed by atoms with Crippen LogP contribution in [0.15, 0.2) is 24.9 Å². The normalized spacial score (nSPS) is 15.9. The molecular formula is C16H21N7O. The van der Waals surface area contributed by atoms with Crippen molar-refractivity contribution in [1.29, 1.82) is 0 Å². The Morgan fingerprint density at radius 1 is 1.29 bits per heavy atom. The van der Waals surface area contributed by atoms with Crippen molar-refractivity contribution < 1.29 is 4.79 Å². The number of aromatic nitrogens is 6. The van der Waals surface area contributed by atoms with Crippen molar-refractivity contribution in [3.8, 4) is 0 Å². The summed E-state index contributed by atoms with van der Waals surface area (Å²) in [5, 5.41) is 15.4. The van der Waals surface area contributed by atoms with Crippen LogP contribution in [0.2, 0.25) is 0 Å². The van der Waals surface area contributed by atoms with E-state index in [2.05, 4.69) is 25.2 Å². The van der Waals surface area contributed by atoms with Crippen molar-refractivity contribution in [3.05, 3.63) is 36.3 Å². The Morgan fingerprint density at radius 2 is 2.12 bits per heavy atom. The molecule has 0 saturated heterocycles. The third-order valence-electron chi connectivity index (χ3n) is 4.80. The molecule has 24 heavy (non-hydrogen) atoms. The molecule has 126 valence electrons. The van der Waals surface area contributed by atoms with Gasteiger partial charge in [-0.1, -0.05) is 19.3 Å². The van der Waals surface area contributed by atoms with E-state index < -0.39 is 0 Å². The minimum atomic E-state index is -0.148. The highest BCUT2D eigenvalue weighted by atomic mass is 16.1. The number of nitrogens with zero attached hydrogens (tertiary/aromatic N) is 6. The van der Waals surface area contributed by atoms with Gasteiger partial charge >= 0.3 is 0 Å². The predicted molar refractivity (Wildman–Crippen MR) is 87.5 cm³/mol. The molecule has 0 bridgehead atoms. The molecule has 3 heterocycles. The Bertz CT molecular complexity index is 853. The number of aryl methyl sites for hydroxylation is 1. The molecule has 8 heteroatoms. The van der Waals surface area contributed by atoms with Crippen LogP contribution in [0.4, 0.5) is 0 Å². The summed E-state index contributed by atoms with van der Waals surface area (Å²) in [6.45, 7) is 0.372. The standard InChI is InChI=1S/C16H21N7O/c1-21-7-8-23-16(21)13(9-19-23)15(24)17-10-14-20-18-11-22(14)12-5-3-2-4-6-12/h7-9,11-12H,2-6,10H2,1H3,(H,17,24). The smallest absolute Gasteiger partial charge is 0.257 e. The maximum atomic E-state index is 12.5. The Balaban J connectivity index is 1.48. The molecule has 0 unspecified atom stereocenters. The summed E-state index contributed by atoms with van der Waals surface area (Å²) in [4.78, 5) is 12.5. The van der Waals surface area contributed by atoms with E-state index in [-0.39, 0.29) is 5.91 Å². The molecule has 1 saturated carbocycles. The first-order valence-electron chi connectivity index (χ1n) is 8.39. The van der Waals surface area contributed by atoms with Gasteiger partial charge in [-0.15, -0.1) is 10.2 Å². The van der Waals surface area contributed by atoms with Gasteiger partial charge in [0, 0.05) is 25.5 Å². The van der Waals surface area contributed by atoms with E-state index in [1.165, 1.54) is 19.3 Å². The summed E-state index contributed by atoms with van der Waals surface area (Å²) in [6, 6.07) is 0.455. The lowest BCUT2D eigenvalue weighted by Crippen LogP contribution is -2.26. The van der Waals surface area contributed by atoms with E-state index in [0.29, 0.717) is 18.2 Å². The van der Waals surface area contributed by atoms with Crippen LogP contribution in [-0.4, -0.2) is 34.9 Å². The van der Waals surface area contributed by atoms with Crippen LogP contribution in [0.1, 0.15) is 54.3 Å². The van der Waals surface area contributed by atoms with Gasteiger partial charge in [-0.05, 0) is 12.8 Å². The lowest BCUT2D eigenvalue weighted by atomic mass is 9.95. The van der Waals surface area contributed by atoms with E-state index in [9.17, 15) is 4.79 Å². The molecule has 1 N–H and O–H groups in total. The maximum absolute atomic E-state index is 12.5. The van der Waals surface area contributed by atoms with Crippen molar-refractivity contribution in [2.75, 3.05) is 0 Å². The average molecular weight is 327 g/mol. The van der Waals surface area contributed by atoms with Gasteiger partial charge in [0.05, 0.1) is 12.7 Å². The number of hydrogen-bond acceptors (Lipinski definition) is 4. The molecule has 0 aromatic carbocycles. The molecule has 1 fully saturated rings. The molecule has 4 rings (SSSR count). The van der Waals surface area contributed by atoms with Crippen LogP contribution in [0.3, 0.4) is 0 Å². The second-order valence-corrected chi connectivity index (χ2v) is 6.36. The van der Waals surface area contributed by atoms with Gasteiger partial charge < -0.3 is 14.5 Å². The zero-order chi connectivity index (χ0) is 16.5. The molecule has 0 atom stereocenters. The lowest BCUT2D eigenvalue weighted by molar-refractivity contribution is 0.0950. The van der Waals surface area contributed by atoms with Crippen molar-refractivity contribution in [2.24, 2.45) is 7.05 Å². The number of fused-ring (bicyclic) bond motifs is 1. The predicted octanol–water partition coefficient (Wildman–Crippen LogP) is 1.70. The molecule has 0 aliphatic heterocycles. The number of carbonyl (C=O) groups is 1. The van der Waals surface area contributed by atoms with E-state index >= 15 is 0 Å². The molecular weight excluding hydrogens is 306 g/mol. The Morgan fingerprint density at radius 3 is 2.96 bits per heavy atom. The number of amides is 1. The second kappa shape index (κ2) is 6.10. The first-order chi connectivity index (χ1) is 11.7. The Hall–Kier alpha value is -2.64. The number of imidazole rings is 1. The zero-order valence-electron chi connectivity index (χ0n) is 13.7. The molecule has 1 aliphatic carbocycles. The lowest BCUT2D eigenvalue weighted by Gasteiger charge is -2.24. The minimum Gasteiger partial charge on any atom is -0.345 e. The van der Waals surface area contributed by atoms with Gasteiger partial charge in [0.1, 0.15) is 17.5 Å². The average Bonchev–Trinajstić information content (AvgIpc) is 3.31. The van der Waals surface area contributed by atoms with Crippen LogP contribution < -0.4 is 5.32 Å². The number of nitrogens with one attached hydrogen (secondary N) is 1. The minimum absolute atomic E-state index is 0.148. The molecule has 3 aromatic rings. The van der Waals surface area contributed by atoms with Crippen LogP contribution in [-0.2, 0) is 13.6 Å². The monoisotopic (exact) mass is 327 g/mol. The summed E-state index contributed by atoms with van der Waals surface area (Å²) < 4.78 is 5.70. The number of carbonyl (C=O) groups excluding carboxylic acids is 1. The van der Waals surface area contributed by atoms with Gasteiger partial charge in [-0.25, -0.2) is 4.52 Å². The Labute approximate surface area is 139 Å². The molecule has 0 radical (unpaired) electrons. The molecule has 8 nitrogen and oxygen atoms in total. The molecule has 0 spiro atoms. The first-order valence-corrected chi connectivity index (χ1v) is 8.39.